The molecule has 0 radical (unpaired) electrons. The molecule has 0 saturated heterocycles. The molecule has 2 rings (SSSR count). The Morgan fingerprint density at radius 1 is 1.33 bits per heavy atom. The molecule has 1 heterocycles. The predicted molar refractivity (Wildman–Crippen MR) is 95.1 cm³/mol. The molecule has 1 aliphatic heterocycles. The number of carbonyl (C=O) groups excluding carboxylic acids is 2. The zero-order valence-corrected chi connectivity index (χ0v) is 15.2. The maximum Gasteiger partial charge on any atom is 0.410 e. The van der Waals surface area contributed by atoms with Crippen molar-refractivity contribution in [3.05, 3.63) is 29.3 Å². The molecule has 24 heavy (non-hydrogen) atoms. The van der Waals surface area contributed by atoms with Crippen molar-refractivity contribution >= 4 is 18.2 Å². The normalized spacial score (nSPS) is 14.1. The summed E-state index contributed by atoms with van der Waals surface area (Å²) < 4.78 is 5.46. The fraction of sp³-hybridized carbons (Fsp3) is 0.579. The third kappa shape index (κ3) is 4.73. The average molecular weight is 332 g/mol. The summed E-state index contributed by atoms with van der Waals surface area (Å²) in [4.78, 5) is 27.1. The fourth-order valence-corrected chi connectivity index (χ4v) is 2.78. The molecule has 0 unspecified atom stereocenters. The molecule has 0 bridgehead atoms. The van der Waals surface area contributed by atoms with Gasteiger partial charge in [-0.15, -0.1) is 0 Å². The Labute approximate surface area is 144 Å². The van der Waals surface area contributed by atoms with Gasteiger partial charge >= 0.3 is 6.09 Å². The second-order valence-electron chi connectivity index (χ2n) is 7.26. The molecule has 0 spiro atoms. The van der Waals surface area contributed by atoms with E-state index in [1.807, 2.05) is 32.9 Å². The van der Waals surface area contributed by atoms with Gasteiger partial charge in [-0.25, -0.2) is 4.79 Å². The standard InChI is InChI=1S/C19H28N2O3/c1-5-6-10-21(14-22)17-8-7-15-9-11-20(13-16(15)12-17)18(23)24-19(2,3)4/h7-8,12,14H,5-6,9-11,13H2,1-4H3. The number of hydrogen-bond donors (Lipinski definition) is 0. The number of unbranched alkanes of at least 4 members (excludes halogenated alkanes) is 1. The van der Waals surface area contributed by atoms with Gasteiger partial charge in [0.15, 0.2) is 0 Å². The molecule has 5 heteroatoms. The van der Waals surface area contributed by atoms with Crippen molar-refractivity contribution in [1.29, 1.82) is 0 Å². The lowest BCUT2D eigenvalue weighted by atomic mass is 9.99. The predicted octanol–water partition coefficient (Wildman–Crippen LogP) is 3.74. The van der Waals surface area contributed by atoms with Gasteiger partial charge in [-0.3, -0.25) is 4.79 Å². The molecule has 0 aromatic heterocycles. The van der Waals surface area contributed by atoms with E-state index in [9.17, 15) is 9.59 Å². The van der Waals surface area contributed by atoms with Crippen LogP contribution in [0.3, 0.4) is 0 Å². The van der Waals surface area contributed by atoms with Crippen LogP contribution in [0.1, 0.15) is 51.7 Å². The lowest BCUT2D eigenvalue weighted by Gasteiger charge is -2.32. The Morgan fingerprint density at radius 3 is 2.71 bits per heavy atom. The fourth-order valence-electron chi connectivity index (χ4n) is 2.78. The van der Waals surface area contributed by atoms with Gasteiger partial charge in [0.2, 0.25) is 6.41 Å². The Hall–Kier alpha value is -2.04. The van der Waals surface area contributed by atoms with Gasteiger partial charge in [-0.05, 0) is 56.9 Å². The van der Waals surface area contributed by atoms with Crippen LogP contribution in [0, 0.1) is 0 Å². The Kier molecular flexibility index (Phi) is 5.86. The molecule has 5 nitrogen and oxygen atoms in total. The minimum absolute atomic E-state index is 0.281. The molecule has 0 N–H and O–H groups in total. The van der Waals surface area contributed by atoms with E-state index in [-0.39, 0.29) is 6.09 Å². The molecule has 0 aliphatic carbocycles. The Morgan fingerprint density at radius 2 is 2.08 bits per heavy atom. The molecule has 1 aromatic carbocycles. The Balaban J connectivity index is 2.13. The highest BCUT2D eigenvalue weighted by Gasteiger charge is 2.26. The van der Waals surface area contributed by atoms with E-state index in [1.165, 1.54) is 5.56 Å². The first-order chi connectivity index (χ1) is 11.3. The van der Waals surface area contributed by atoms with Crippen molar-refractivity contribution in [2.75, 3.05) is 18.0 Å². The minimum atomic E-state index is -0.492. The van der Waals surface area contributed by atoms with Crippen LogP contribution >= 0.6 is 0 Å². The lowest BCUT2D eigenvalue weighted by molar-refractivity contribution is -0.107. The van der Waals surface area contributed by atoms with Crippen LogP contribution in [0.25, 0.3) is 0 Å². The summed E-state index contributed by atoms with van der Waals surface area (Å²) in [6.45, 7) is 9.62. The van der Waals surface area contributed by atoms with E-state index >= 15 is 0 Å². The number of fused-ring (bicyclic) bond motifs is 1. The first-order valence-electron chi connectivity index (χ1n) is 8.65. The number of benzene rings is 1. The molecular weight excluding hydrogens is 304 g/mol. The molecule has 1 aromatic rings. The Bertz CT molecular complexity index is 593. The van der Waals surface area contributed by atoms with E-state index < -0.39 is 5.60 Å². The lowest BCUT2D eigenvalue weighted by Crippen LogP contribution is -2.40. The summed E-state index contributed by atoms with van der Waals surface area (Å²) in [6, 6.07) is 6.08. The van der Waals surface area contributed by atoms with Crippen LogP contribution < -0.4 is 4.90 Å². The molecule has 2 amide bonds. The number of anilines is 1. The number of ether oxygens (including phenoxy) is 1. The highest BCUT2D eigenvalue weighted by molar-refractivity contribution is 5.76. The zero-order valence-electron chi connectivity index (χ0n) is 15.2. The molecule has 132 valence electrons. The number of hydrogen-bond acceptors (Lipinski definition) is 3. The van der Waals surface area contributed by atoms with E-state index in [1.54, 1.807) is 9.80 Å². The van der Waals surface area contributed by atoms with Gasteiger partial charge in [-0.2, -0.15) is 0 Å². The first-order valence-corrected chi connectivity index (χ1v) is 8.65. The molecule has 0 fully saturated rings. The second-order valence-corrected chi connectivity index (χ2v) is 7.26. The number of nitrogens with zero attached hydrogens (tertiary/aromatic N) is 2. The van der Waals surface area contributed by atoms with Gasteiger partial charge in [0.25, 0.3) is 0 Å². The van der Waals surface area contributed by atoms with Crippen molar-refractivity contribution in [3.63, 3.8) is 0 Å². The summed E-state index contributed by atoms with van der Waals surface area (Å²) in [7, 11) is 0. The van der Waals surface area contributed by atoms with Gasteiger partial charge in [0.05, 0.1) is 0 Å². The largest absolute Gasteiger partial charge is 0.444 e. The first kappa shape index (κ1) is 18.3. The number of rotatable bonds is 5. The van der Waals surface area contributed by atoms with Crippen LogP contribution in [-0.4, -0.2) is 36.1 Å². The molecule has 1 aliphatic rings. The van der Waals surface area contributed by atoms with E-state index in [0.717, 1.165) is 36.9 Å². The summed E-state index contributed by atoms with van der Waals surface area (Å²) in [5.74, 6) is 0. The van der Waals surface area contributed by atoms with Crippen LogP contribution in [0.2, 0.25) is 0 Å². The smallest absolute Gasteiger partial charge is 0.410 e. The van der Waals surface area contributed by atoms with Crippen molar-refractivity contribution in [1.82, 2.24) is 4.90 Å². The van der Waals surface area contributed by atoms with Crippen molar-refractivity contribution < 1.29 is 14.3 Å². The number of amides is 2. The van der Waals surface area contributed by atoms with Crippen LogP contribution in [0.4, 0.5) is 10.5 Å². The maximum absolute atomic E-state index is 12.3. The molecule has 0 saturated carbocycles. The van der Waals surface area contributed by atoms with Crippen LogP contribution in [0.15, 0.2) is 18.2 Å². The van der Waals surface area contributed by atoms with Gasteiger partial charge in [-0.1, -0.05) is 19.4 Å². The second kappa shape index (κ2) is 7.69. The monoisotopic (exact) mass is 332 g/mol. The minimum Gasteiger partial charge on any atom is -0.444 e. The quantitative estimate of drug-likeness (QED) is 0.772. The number of carbonyl (C=O) groups is 2. The molecule has 0 atom stereocenters. The summed E-state index contributed by atoms with van der Waals surface area (Å²) in [5.41, 5.74) is 2.73. The summed E-state index contributed by atoms with van der Waals surface area (Å²) in [5, 5.41) is 0. The maximum atomic E-state index is 12.3. The van der Waals surface area contributed by atoms with Crippen molar-refractivity contribution in [3.8, 4) is 0 Å². The van der Waals surface area contributed by atoms with Gasteiger partial charge in [0.1, 0.15) is 5.60 Å². The summed E-state index contributed by atoms with van der Waals surface area (Å²) in [6.07, 6.45) is 3.43. The van der Waals surface area contributed by atoms with Gasteiger partial charge < -0.3 is 14.5 Å². The van der Waals surface area contributed by atoms with Crippen molar-refractivity contribution in [2.45, 2.75) is 59.1 Å². The van der Waals surface area contributed by atoms with E-state index in [0.29, 0.717) is 19.6 Å². The van der Waals surface area contributed by atoms with Crippen molar-refractivity contribution in [2.24, 2.45) is 0 Å². The highest BCUT2D eigenvalue weighted by atomic mass is 16.6. The van der Waals surface area contributed by atoms with E-state index in [4.69, 9.17) is 4.74 Å². The summed E-state index contributed by atoms with van der Waals surface area (Å²) >= 11 is 0. The third-order valence-corrected chi connectivity index (χ3v) is 4.07. The SMILES string of the molecule is CCCCN(C=O)c1ccc2c(c1)CN(C(=O)OC(C)(C)C)CC2. The van der Waals surface area contributed by atoms with E-state index in [2.05, 4.69) is 13.0 Å². The van der Waals surface area contributed by atoms with Crippen LogP contribution in [0.5, 0.6) is 0 Å². The average Bonchev–Trinajstić information content (AvgIpc) is 2.53. The topological polar surface area (TPSA) is 49.9 Å². The van der Waals surface area contributed by atoms with Crippen LogP contribution in [-0.2, 0) is 22.5 Å². The zero-order chi connectivity index (χ0) is 17.7. The van der Waals surface area contributed by atoms with Gasteiger partial charge in [0, 0.05) is 25.3 Å². The molecular formula is C19H28N2O3. The highest BCUT2D eigenvalue weighted by Crippen LogP contribution is 2.25. The third-order valence-electron chi connectivity index (χ3n) is 4.07.